The molecule has 1 aliphatic rings. The first-order valence-electron chi connectivity index (χ1n) is 4.51. The van der Waals surface area contributed by atoms with Gasteiger partial charge in [0.2, 0.25) is 0 Å². The summed E-state index contributed by atoms with van der Waals surface area (Å²) in [5.41, 5.74) is -0.748. The van der Waals surface area contributed by atoms with Crippen molar-refractivity contribution in [2.45, 2.75) is 44.0 Å². The quantitative estimate of drug-likeness (QED) is 0.655. The van der Waals surface area contributed by atoms with Crippen LogP contribution in [0.25, 0.3) is 0 Å². The molecule has 1 saturated carbocycles. The molecule has 1 fully saturated rings. The Bertz CT molecular complexity index is 126. The highest BCUT2D eigenvalue weighted by Gasteiger charge is 2.38. The van der Waals surface area contributed by atoms with Crippen molar-refractivity contribution in [2.24, 2.45) is 0 Å². The van der Waals surface area contributed by atoms with Gasteiger partial charge in [-0.3, -0.25) is 0 Å². The van der Waals surface area contributed by atoms with Gasteiger partial charge in [-0.15, -0.1) is 0 Å². The van der Waals surface area contributed by atoms with Crippen LogP contribution in [0.2, 0.25) is 0 Å². The van der Waals surface area contributed by atoms with E-state index in [1.165, 1.54) is 6.42 Å². The summed E-state index contributed by atoms with van der Waals surface area (Å²) >= 11 is 0. The van der Waals surface area contributed by atoms with Gasteiger partial charge in [0.15, 0.2) is 6.29 Å². The molecular weight excluding hydrogens is 156 g/mol. The Hall–Kier alpha value is -0.120. The number of aliphatic hydroxyl groups is 1. The van der Waals surface area contributed by atoms with E-state index in [0.717, 1.165) is 25.7 Å². The molecule has 1 aliphatic carbocycles. The van der Waals surface area contributed by atoms with Gasteiger partial charge in [-0.05, 0) is 12.8 Å². The van der Waals surface area contributed by atoms with Gasteiger partial charge in [-0.2, -0.15) is 0 Å². The van der Waals surface area contributed by atoms with Crippen molar-refractivity contribution in [3.63, 3.8) is 0 Å². The molecule has 0 aromatic rings. The van der Waals surface area contributed by atoms with E-state index in [9.17, 15) is 5.11 Å². The summed E-state index contributed by atoms with van der Waals surface area (Å²) in [7, 11) is 3.14. The normalized spacial score (nSPS) is 23.0. The zero-order valence-electron chi connectivity index (χ0n) is 7.88. The van der Waals surface area contributed by atoms with Crippen LogP contribution in [0.15, 0.2) is 0 Å². The molecule has 1 rings (SSSR count). The lowest BCUT2D eigenvalue weighted by Crippen LogP contribution is -2.46. The molecule has 0 radical (unpaired) electrons. The lowest BCUT2D eigenvalue weighted by molar-refractivity contribution is -0.224. The standard InChI is InChI=1S/C9H18O3/c1-11-8(12-2)9(10)6-4-3-5-7-9/h8,10H,3-7H2,1-2H3. The Morgan fingerprint density at radius 2 is 1.58 bits per heavy atom. The number of ether oxygens (including phenoxy) is 2. The molecule has 0 aliphatic heterocycles. The summed E-state index contributed by atoms with van der Waals surface area (Å²) in [6.07, 6.45) is 4.47. The first-order valence-corrected chi connectivity index (χ1v) is 4.51. The Kier molecular flexibility index (Phi) is 3.50. The SMILES string of the molecule is COC(OC)C1(O)CCCCC1. The van der Waals surface area contributed by atoms with Crippen LogP contribution in [-0.4, -0.2) is 31.2 Å². The summed E-state index contributed by atoms with van der Waals surface area (Å²) in [6, 6.07) is 0. The van der Waals surface area contributed by atoms with E-state index in [4.69, 9.17) is 9.47 Å². The van der Waals surface area contributed by atoms with Crippen molar-refractivity contribution < 1.29 is 14.6 Å². The van der Waals surface area contributed by atoms with Crippen molar-refractivity contribution in [3.8, 4) is 0 Å². The number of rotatable bonds is 3. The molecule has 0 bridgehead atoms. The Morgan fingerprint density at radius 3 is 2.00 bits per heavy atom. The highest BCUT2D eigenvalue weighted by molar-refractivity contribution is 4.85. The third-order valence-electron chi connectivity index (χ3n) is 2.59. The number of hydrogen-bond donors (Lipinski definition) is 1. The molecule has 12 heavy (non-hydrogen) atoms. The van der Waals surface area contributed by atoms with Crippen molar-refractivity contribution in [1.82, 2.24) is 0 Å². The molecule has 72 valence electrons. The van der Waals surface area contributed by atoms with Crippen LogP contribution < -0.4 is 0 Å². The first kappa shape index (κ1) is 9.96. The average Bonchev–Trinajstić information content (AvgIpc) is 2.07. The minimum atomic E-state index is -0.748. The van der Waals surface area contributed by atoms with Crippen molar-refractivity contribution in [3.05, 3.63) is 0 Å². The van der Waals surface area contributed by atoms with Crippen LogP contribution in [0.5, 0.6) is 0 Å². The van der Waals surface area contributed by atoms with Gasteiger partial charge in [0.25, 0.3) is 0 Å². The van der Waals surface area contributed by atoms with Gasteiger partial charge >= 0.3 is 0 Å². The van der Waals surface area contributed by atoms with Crippen LogP contribution in [0.3, 0.4) is 0 Å². The van der Waals surface area contributed by atoms with E-state index in [1.807, 2.05) is 0 Å². The van der Waals surface area contributed by atoms with Gasteiger partial charge in [0.1, 0.15) is 5.60 Å². The molecule has 0 aromatic heterocycles. The summed E-state index contributed by atoms with van der Waals surface area (Å²) in [5, 5.41) is 10.1. The Labute approximate surface area is 73.7 Å². The van der Waals surface area contributed by atoms with E-state index in [2.05, 4.69) is 0 Å². The number of hydrogen-bond acceptors (Lipinski definition) is 3. The fourth-order valence-corrected chi connectivity index (χ4v) is 1.93. The third kappa shape index (κ3) is 1.97. The molecule has 0 unspecified atom stereocenters. The van der Waals surface area contributed by atoms with E-state index >= 15 is 0 Å². The molecular formula is C9H18O3. The topological polar surface area (TPSA) is 38.7 Å². The monoisotopic (exact) mass is 174 g/mol. The molecule has 0 atom stereocenters. The van der Waals surface area contributed by atoms with Crippen LogP contribution >= 0.6 is 0 Å². The summed E-state index contributed by atoms with van der Waals surface area (Å²) < 4.78 is 10.1. The van der Waals surface area contributed by atoms with Crippen molar-refractivity contribution in [1.29, 1.82) is 0 Å². The lowest BCUT2D eigenvalue weighted by Gasteiger charge is -2.36. The molecule has 0 amide bonds. The molecule has 3 heteroatoms. The second-order valence-electron chi connectivity index (χ2n) is 3.47. The fraction of sp³-hybridized carbons (Fsp3) is 1.00. The average molecular weight is 174 g/mol. The fourth-order valence-electron chi connectivity index (χ4n) is 1.93. The van der Waals surface area contributed by atoms with Crippen LogP contribution in [0.4, 0.5) is 0 Å². The Balaban J connectivity index is 2.53. The molecule has 0 saturated heterocycles. The minimum absolute atomic E-state index is 0.460. The predicted octanol–water partition coefficient (Wildman–Crippen LogP) is 1.30. The number of methoxy groups -OCH3 is 2. The zero-order valence-corrected chi connectivity index (χ0v) is 7.88. The van der Waals surface area contributed by atoms with Gasteiger partial charge in [0, 0.05) is 14.2 Å². The smallest absolute Gasteiger partial charge is 0.185 e. The van der Waals surface area contributed by atoms with E-state index in [1.54, 1.807) is 14.2 Å². The highest BCUT2D eigenvalue weighted by Crippen LogP contribution is 2.32. The van der Waals surface area contributed by atoms with Crippen molar-refractivity contribution in [2.75, 3.05) is 14.2 Å². The predicted molar refractivity (Wildman–Crippen MR) is 45.8 cm³/mol. The second-order valence-corrected chi connectivity index (χ2v) is 3.47. The molecule has 3 nitrogen and oxygen atoms in total. The van der Waals surface area contributed by atoms with Gasteiger partial charge < -0.3 is 14.6 Å². The van der Waals surface area contributed by atoms with Crippen LogP contribution in [0.1, 0.15) is 32.1 Å². The summed E-state index contributed by atoms with van der Waals surface area (Å²) in [5.74, 6) is 0. The molecule has 0 heterocycles. The van der Waals surface area contributed by atoms with Crippen LogP contribution in [-0.2, 0) is 9.47 Å². The molecule has 1 N–H and O–H groups in total. The molecule has 0 spiro atoms. The maximum absolute atomic E-state index is 10.1. The summed E-state index contributed by atoms with van der Waals surface area (Å²) in [4.78, 5) is 0. The second kappa shape index (κ2) is 4.21. The van der Waals surface area contributed by atoms with E-state index < -0.39 is 11.9 Å². The van der Waals surface area contributed by atoms with E-state index in [-0.39, 0.29) is 0 Å². The molecule has 0 aromatic carbocycles. The maximum atomic E-state index is 10.1. The minimum Gasteiger partial charge on any atom is -0.385 e. The Morgan fingerprint density at radius 1 is 1.08 bits per heavy atom. The zero-order chi connectivity index (χ0) is 9.03. The van der Waals surface area contributed by atoms with Crippen LogP contribution in [0, 0.1) is 0 Å². The first-order chi connectivity index (χ1) is 5.73. The largest absolute Gasteiger partial charge is 0.385 e. The van der Waals surface area contributed by atoms with Gasteiger partial charge in [-0.25, -0.2) is 0 Å². The van der Waals surface area contributed by atoms with Crippen molar-refractivity contribution >= 4 is 0 Å². The van der Waals surface area contributed by atoms with E-state index in [0.29, 0.717) is 0 Å². The summed E-state index contributed by atoms with van der Waals surface area (Å²) in [6.45, 7) is 0. The maximum Gasteiger partial charge on any atom is 0.185 e. The van der Waals surface area contributed by atoms with Gasteiger partial charge in [0.05, 0.1) is 0 Å². The third-order valence-corrected chi connectivity index (χ3v) is 2.59. The lowest BCUT2D eigenvalue weighted by atomic mass is 9.84. The van der Waals surface area contributed by atoms with Gasteiger partial charge in [-0.1, -0.05) is 19.3 Å². The highest BCUT2D eigenvalue weighted by atomic mass is 16.7.